The summed E-state index contributed by atoms with van der Waals surface area (Å²) in [5.41, 5.74) is 24.4. The summed E-state index contributed by atoms with van der Waals surface area (Å²) in [5, 5.41) is 9.80. The topological polar surface area (TPSA) is 85.3 Å². The lowest BCUT2D eigenvalue weighted by molar-refractivity contribution is 0.0939. The quantitative estimate of drug-likeness (QED) is 0.171. The molecule has 5 unspecified atom stereocenters. The van der Waals surface area contributed by atoms with Crippen molar-refractivity contribution in [3.8, 4) is 55.6 Å². The molecule has 5 aliphatic carbocycles. The smallest absolute Gasteiger partial charge is 0.166 e. The second kappa shape index (κ2) is 28.5. The van der Waals surface area contributed by atoms with E-state index in [1.165, 1.54) is 93.2 Å². The Morgan fingerprint density at radius 2 is 0.544 bits per heavy atom. The molecule has 0 aliphatic heterocycles. The van der Waals surface area contributed by atoms with Crippen LogP contribution in [0, 0.1) is 43.4 Å². The van der Waals surface area contributed by atoms with Crippen LogP contribution < -0.4 is 0 Å². The monoisotopic (exact) mass is 1340 g/mol. The molecule has 0 saturated carbocycles. The highest BCUT2D eigenvalue weighted by Gasteiger charge is 2.35. The van der Waals surface area contributed by atoms with E-state index in [-0.39, 0.29) is 52.7 Å². The SMILES string of the molecule is CC1Cc2cccc(-c3ccc4ccccc4c3)c2C1=O.CC1Cc2cccc(-c3cccc4ccccc34)c2C1=O.CC1Cc2cccc(-c3ccccc3)c2C1=O.Cc1ccc(-c2cccc3c2C(=O)C(C)C3)c2ccccc12.Cc1ccc2ccccc2c1-c1cccc2c1C(=O)C(C)C2. The lowest BCUT2D eigenvalue weighted by atomic mass is 9.89. The standard InChI is InChI=1S/2C21H18O.2C20H16O.C16H14O/c1-13-10-11-18(17-8-4-3-7-16(13)17)19-9-5-6-15-12-14(2)21(22)20(15)19;1-13-10-11-15-6-3-4-8-17(15)19(13)18-9-5-7-16-12-14(2)21(22)20(16)18;1-13-12-15-8-5-11-18(19(15)20(13)21)17-10-4-7-14-6-2-3-9-16(14)17;1-13-11-17-7-4-8-18(19(17)20(13)21)16-10-9-14-5-2-3-6-15(14)12-16;1-11-10-13-8-5-9-14(15(13)16(11)17)12-6-3-2-4-7-12/h2*3-11,14H,12H2,1-2H3;2-11,13H,12H2,1H3;2-10,12-13H,11H2,1H3;2-9,11H,10H2,1H3. The largest absolute Gasteiger partial charge is 0.294 e. The van der Waals surface area contributed by atoms with Gasteiger partial charge in [0.2, 0.25) is 0 Å². The fourth-order valence-electron chi connectivity index (χ4n) is 16.6. The van der Waals surface area contributed by atoms with Gasteiger partial charge in [0, 0.05) is 57.4 Å². The minimum Gasteiger partial charge on any atom is -0.294 e. The van der Waals surface area contributed by atoms with Crippen LogP contribution in [0.4, 0.5) is 0 Å². The van der Waals surface area contributed by atoms with Gasteiger partial charge in [0.25, 0.3) is 0 Å². The van der Waals surface area contributed by atoms with E-state index < -0.39 is 0 Å². The molecule has 103 heavy (non-hydrogen) atoms. The lowest BCUT2D eigenvalue weighted by Gasteiger charge is -2.14. The van der Waals surface area contributed by atoms with Crippen LogP contribution in [-0.4, -0.2) is 28.9 Å². The molecule has 19 rings (SSSR count). The van der Waals surface area contributed by atoms with Crippen LogP contribution in [0.25, 0.3) is 98.7 Å². The van der Waals surface area contributed by atoms with Gasteiger partial charge in [0.05, 0.1) is 0 Å². The molecule has 504 valence electrons. The maximum atomic E-state index is 12.6. The molecule has 5 heteroatoms. The Bertz CT molecular complexity index is 5710. The van der Waals surface area contributed by atoms with E-state index in [0.717, 1.165) is 104 Å². The first-order valence-corrected chi connectivity index (χ1v) is 36.4. The number of hydrogen-bond acceptors (Lipinski definition) is 5. The first-order valence-electron chi connectivity index (χ1n) is 36.4. The van der Waals surface area contributed by atoms with Gasteiger partial charge in [-0.1, -0.05) is 308 Å². The van der Waals surface area contributed by atoms with E-state index in [0.29, 0.717) is 5.78 Å². The maximum Gasteiger partial charge on any atom is 0.166 e. The fraction of sp³-hybridized carbons (Fsp3) is 0.173. The summed E-state index contributed by atoms with van der Waals surface area (Å²) < 4.78 is 0. The molecule has 0 amide bonds. The minimum absolute atomic E-state index is 0.103. The van der Waals surface area contributed by atoms with Gasteiger partial charge in [-0.05, 0) is 190 Å². The summed E-state index contributed by atoms with van der Waals surface area (Å²) in [6.07, 6.45) is 4.36. The molecule has 0 fully saturated rings. The average Bonchev–Trinajstić information content (AvgIpc) is 1.76. The van der Waals surface area contributed by atoms with Crippen molar-refractivity contribution in [1.82, 2.24) is 0 Å². The fourth-order valence-corrected chi connectivity index (χ4v) is 16.6. The van der Waals surface area contributed by atoms with E-state index in [1.807, 2.05) is 71.0 Å². The Balaban J connectivity index is 0.000000104. The van der Waals surface area contributed by atoms with Crippen molar-refractivity contribution in [2.75, 3.05) is 0 Å². The van der Waals surface area contributed by atoms with Crippen molar-refractivity contribution in [2.24, 2.45) is 29.6 Å². The molecule has 0 N–H and O–H groups in total. The van der Waals surface area contributed by atoms with Crippen molar-refractivity contribution < 1.29 is 24.0 Å². The Morgan fingerprint density at radius 3 is 1.06 bits per heavy atom. The molecule has 0 spiro atoms. The van der Waals surface area contributed by atoms with E-state index in [2.05, 4.69) is 257 Å². The van der Waals surface area contributed by atoms with Crippen LogP contribution in [-0.2, 0) is 32.1 Å². The third kappa shape index (κ3) is 12.8. The molecule has 0 bridgehead atoms. The number of Topliss-reactive ketones (excluding diaryl/α,β-unsaturated/α-hetero) is 5. The normalized spacial score (nSPS) is 17.3. The highest BCUT2D eigenvalue weighted by molar-refractivity contribution is 6.14. The zero-order chi connectivity index (χ0) is 71.2. The van der Waals surface area contributed by atoms with Gasteiger partial charge < -0.3 is 0 Å². The molecular formula is C98H82O5. The number of benzene rings is 14. The summed E-state index contributed by atoms with van der Waals surface area (Å²) in [7, 11) is 0. The van der Waals surface area contributed by atoms with E-state index in [4.69, 9.17) is 0 Å². The van der Waals surface area contributed by atoms with Gasteiger partial charge in [-0.25, -0.2) is 0 Å². The molecule has 5 aliphatic rings. The van der Waals surface area contributed by atoms with Crippen LogP contribution in [0.2, 0.25) is 0 Å². The number of ketones is 5. The number of hydrogen-bond donors (Lipinski definition) is 0. The van der Waals surface area contributed by atoms with Gasteiger partial charge in [-0.3, -0.25) is 24.0 Å². The van der Waals surface area contributed by atoms with Crippen LogP contribution in [0.1, 0.15) is 125 Å². The number of aryl methyl sites for hydroxylation is 2. The van der Waals surface area contributed by atoms with Crippen molar-refractivity contribution in [3.63, 3.8) is 0 Å². The summed E-state index contributed by atoms with van der Waals surface area (Å²) >= 11 is 0. The Labute approximate surface area is 604 Å². The Morgan fingerprint density at radius 1 is 0.214 bits per heavy atom. The summed E-state index contributed by atoms with van der Waals surface area (Å²) in [5.74, 6) is 2.00. The predicted molar refractivity (Wildman–Crippen MR) is 425 cm³/mol. The number of rotatable bonds is 5. The molecule has 14 aromatic rings. The Hall–Kier alpha value is -11.5. The van der Waals surface area contributed by atoms with Crippen LogP contribution >= 0.6 is 0 Å². The highest BCUT2D eigenvalue weighted by atomic mass is 16.1. The number of carbonyl (C=O) groups excluding carboxylic acids is 5. The van der Waals surface area contributed by atoms with Gasteiger partial charge in [-0.15, -0.1) is 0 Å². The second-order valence-corrected chi connectivity index (χ2v) is 29.0. The van der Waals surface area contributed by atoms with E-state index in [9.17, 15) is 24.0 Å². The van der Waals surface area contributed by atoms with E-state index in [1.54, 1.807) is 0 Å². The first kappa shape index (κ1) is 67.3. The third-order valence-corrected chi connectivity index (χ3v) is 21.9. The zero-order valence-corrected chi connectivity index (χ0v) is 59.5. The molecule has 0 saturated heterocycles. The van der Waals surface area contributed by atoms with Crippen LogP contribution in [0.5, 0.6) is 0 Å². The number of carbonyl (C=O) groups is 5. The molecule has 0 radical (unpaired) electrons. The summed E-state index contributed by atoms with van der Waals surface area (Å²) in [4.78, 5) is 62.4. The summed E-state index contributed by atoms with van der Waals surface area (Å²) in [6, 6.07) is 96.2. The number of fused-ring (bicyclic) bond motifs is 9. The van der Waals surface area contributed by atoms with Crippen LogP contribution in [0.3, 0.4) is 0 Å². The molecule has 5 nitrogen and oxygen atoms in total. The van der Waals surface area contributed by atoms with Crippen molar-refractivity contribution in [2.45, 2.75) is 80.6 Å². The average molecular weight is 1340 g/mol. The molecule has 14 aromatic carbocycles. The van der Waals surface area contributed by atoms with E-state index >= 15 is 0 Å². The molecule has 0 aromatic heterocycles. The highest BCUT2D eigenvalue weighted by Crippen LogP contribution is 2.44. The first-order chi connectivity index (χ1) is 50.1. The lowest BCUT2D eigenvalue weighted by Crippen LogP contribution is -2.05. The van der Waals surface area contributed by atoms with Crippen molar-refractivity contribution in [3.05, 3.63) is 346 Å². The predicted octanol–water partition coefficient (Wildman–Crippen LogP) is 23.9. The Kier molecular flexibility index (Phi) is 18.6. The minimum atomic E-state index is 0.103. The van der Waals surface area contributed by atoms with Crippen LogP contribution in [0.15, 0.2) is 279 Å². The van der Waals surface area contributed by atoms with Crippen molar-refractivity contribution >= 4 is 72.0 Å². The molecular weight excluding hydrogens is 1260 g/mol. The zero-order valence-electron chi connectivity index (χ0n) is 59.5. The molecule has 0 heterocycles. The summed E-state index contributed by atoms with van der Waals surface area (Å²) in [6.45, 7) is 14.4. The van der Waals surface area contributed by atoms with Gasteiger partial charge in [0.15, 0.2) is 28.9 Å². The third-order valence-electron chi connectivity index (χ3n) is 21.9. The second-order valence-electron chi connectivity index (χ2n) is 29.0. The van der Waals surface area contributed by atoms with Gasteiger partial charge >= 0.3 is 0 Å². The molecule has 5 atom stereocenters. The maximum absolute atomic E-state index is 12.6. The van der Waals surface area contributed by atoms with Crippen molar-refractivity contribution in [1.29, 1.82) is 0 Å². The van der Waals surface area contributed by atoms with Gasteiger partial charge in [-0.2, -0.15) is 0 Å². The van der Waals surface area contributed by atoms with Gasteiger partial charge in [0.1, 0.15) is 0 Å².